The maximum atomic E-state index is 9.93. The van der Waals surface area contributed by atoms with Gasteiger partial charge in [0, 0.05) is 7.11 Å². The summed E-state index contributed by atoms with van der Waals surface area (Å²) in [5, 5.41) is 9.93. The molecule has 0 saturated heterocycles. The minimum absolute atomic E-state index is 0.0796. The molecule has 1 N–H and O–H groups in total. The number of benzene rings is 1. The van der Waals surface area contributed by atoms with Gasteiger partial charge in [0.25, 0.3) is 0 Å². The summed E-state index contributed by atoms with van der Waals surface area (Å²) in [5.41, 5.74) is 2.27. The molecule has 2 atom stereocenters. The predicted molar refractivity (Wildman–Crippen MR) is 66.3 cm³/mol. The first-order valence-corrected chi connectivity index (χ1v) is 6.17. The smallest absolute Gasteiger partial charge is 0.119 e. The van der Waals surface area contributed by atoms with Crippen molar-refractivity contribution in [1.29, 1.82) is 0 Å². The van der Waals surface area contributed by atoms with Gasteiger partial charge in [-0.3, -0.25) is 0 Å². The van der Waals surface area contributed by atoms with Crippen LogP contribution >= 0.6 is 0 Å². The second-order valence-corrected chi connectivity index (χ2v) is 4.63. The highest BCUT2D eigenvalue weighted by atomic mass is 16.5. The molecule has 1 aliphatic carbocycles. The lowest BCUT2D eigenvalue weighted by molar-refractivity contribution is 0.0714. The first-order chi connectivity index (χ1) is 8.20. The highest BCUT2D eigenvalue weighted by molar-refractivity contribution is 5.38. The van der Waals surface area contributed by atoms with Crippen LogP contribution in [-0.4, -0.2) is 24.9 Å². The molecular formula is C14H20O3. The Labute approximate surface area is 102 Å². The summed E-state index contributed by atoms with van der Waals surface area (Å²) >= 11 is 0. The number of aliphatic hydroxyl groups is 1. The van der Waals surface area contributed by atoms with E-state index in [1.54, 1.807) is 7.11 Å². The van der Waals surface area contributed by atoms with Crippen LogP contribution in [0, 0.1) is 0 Å². The zero-order valence-electron chi connectivity index (χ0n) is 10.5. The average molecular weight is 236 g/mol. The van der Waals surface area contributed by atoms with E-state index < -0.39 is 0 Å². The fraction of sp³-hybridized carbons (Fsp3) is 0.571. The van der Waals surface area contributed by atoms with Crippen LogP contribution in [0.25, 0.3) is 0 Å². The first-order valence-electron chi connectivity index (χ1n) is 6.17. The molecule has 17 heavy (non-hydrogen) atoms. The van der Waals surface area contributed by atoms with Gasteiger partial charge in [-0.15, -0.1) is 0 Å². The van der Waals surface area contributed by atoms with E-state index in [2.05, 4.69) is 6.07 Å². The molecule has 0 aromatic heterocycles. The SMILES string of the molecule is COC(C)COc1ccc2c(c1)C(O)CCC2. The Bertz CT molecular complexity index is 376. The molecule has 1 aromatic rings. The molecule has 3 nitrogen and oxygen atoms in total. The zero-order chi connectivity index (χ0) is 12.3. The average Bonchev–Trinajstić information content (AvgIpc) is 2.36. The van der Waals surface area contributed by atoms with Crippen LogP contribution in [0.3, 0.4) is 0 Å². The molecule has 0 bridgehead atoms. The van der Waals surface area contributed by atoms with E-state index in [-0.39, 0.29) is 12.2 Å². The van der Waals surface area contributed by atoms with Crippen molar-refractivity contribution >= 4 is 0 Å². The molecule has 0 amide bonds. The summed E-state index contributed by atoms with van der Waals surface area (Å²) in [6.07, 6.45) is 2.72. The zero-order valence-corrected chi connectivity index (χ0v) is 10.5. The highest BCUT2D eigenvalue weighted by Crippen LogP contribution is 2.32. The van der Waals surface area contributed by atoms with Gasteiger partial charge in [0.2, 0.25) is 0 Å². The van der Waals surface area contributed by atoms with Crippen molar-refractivity contribution in [3.63, 3.8) is 0 Å². The molecule has 2 unspecified atom stereocenters. The second-order valence-electron chi connectivity index (χ2n) is 4.63. The van der Waals surface area contributed by atoms with Crippen LogP contribution < -0.4 is 4.74 Å². The summed E-state index contributed by atoms with van der Waals surface area (Å²) < 4.78 is 10.8. The van der Waals surface area contributed by atoms with Gasteiger partial charge >= 0.3 is 0 Å². The Morgan fingerprint density at radius 2 is 2.29 bits per heavy atom. The van der Waals surface area contributed by atoms with Gasteiger partial charge in [-0.2, -0.15) is 0 Å². The van der Waals surface area contributed by atoms with E-state index >= 15 is 0 Å². The molecule has 0 saturated carbocycles. The summed E-state index contributed by atoms with van der Waals surface area (Å²) in [5.74, 6) is 0.814. The molecule has 0 aliphatic heterocycles. The fourth-order valence-electron chi connectivity index (χ4n) is 2.12. The van der Waals surface area contributed by atoms with E-state index in [0.29, 0.717) is 6.61 Å². The number of aliphatic hydroxyl groups excluding tert-OH is 1. The number of hydrogen-bond acceptors (Lipinski definition) is 3. The van der Waals surface area contributed by atoms with E-state index in [0.717, 1.165) is 30.6 Å². The molecule has 94 valence electrons. The highest BCUT2D eigenvalue weighted by Gasteiger charge is 2.18. The third kappa shape index (κ3) is 2.99. The topological polar surface area (TPSA) is 38.7 Å². The molecule has 0 radical (unpaired) electrons. The largest absolute Gasteiger partial charge is 0.491 e. The molecule has 1 aromatic carbocycles. The molecule has 0 heterocycles. The number of hydrogen-bond donors (Lipinski definition) is 1. The Hall–Kier alpha value is -1.06. The van der Waals surface area contributed by atoms with Crippen LogP contribution in [0.2, 0.25) is 0 Å². The second kappa shape index (κ2) is 5.52. The van der Waals surface area contributed by atoms with Crippen LogP contribution in [0.5, 0.6) is 5.75 Å². The lowest BCUT2D eigenvalue weighted by Gasteiger charge is -2.22. The summed E-state index contributed by atoms with van der Waals surface area (Å²) in [6, 6.07) is 5.99. The van der Waals surface area contributed by atoms with Crippen molar-refractivity contribution in [1.82, 2.24) is 0 Å². The van der Waals surface area contributed by atoms with Gasteiger partial charge in [-0.25, -0.2) is 0 Å². The van der Waals surface area contributed by atoms with Gasteiger partial charge in [0.15, 0.2) is 0 Å². The Morgan fingerprint density at radius 3 is 3.06 bits per heavy atom. The minimum Gasteiger partial charge on any atom is -0.491 e. The Morgan fingerprint density at radius 1 is 1.47 bits per heavy atom. The molecule has 0 fully saturated rings. The van der Waals surface area contributed by atoms with Gasteiger partial charge in [0.1, 0.15) is 12.4 Å². The van der Waals surface area contributed by atoms with E-state index in [1.165, 1.54) is 5.56 Å². The molecular weight excluding hydrogens is 216 g/mol. The Balaban J connectivity index is 2.07. The monoisotopic (exact) mass is 236 g/mol. The molecule has 3 heteroatoms. The molecule has 1 aliphatic rings. The lowest BCUT2D eigenvalue weighted by atomic mass is 9.89. The van der Waals surface area contributed by atoms with Gasteiger partial charge in [-0.05, 0) is 49.4 Å². The van der Waals surface area contributed by atoms with Crippen LogP contribution in [0.1, 0.15) is 37.0 Å². The molecule has 2 rings (SSSR count). The van der Waals surface area contributed by atoms with Crippen molar-refractivity contribution in [3.05, 3.63) is 29.3 Å². The van der Waals surface area contributed by atoms with Crippen molar-refractivity contribution < 1.29 is 14.6 Å². The van der Waals surface area contributed by atoms with Crippen LogP contribution in [-0.2, 0) is 11.2 Å². The summed E-state index contributed by atoms with van der Waals surface area (Å²) in [6.45, 7) is 2.50. The maximum Gasteiger partial charge on any atom is 0.119 e. The summed E-state index contributed by atoms with van der Waals surface area (Å²) in [4.78, 5) is 0. The standard InChI is InChI=1S/C14H20O3/c1-10(16-2)9-17-12-7-6-11-4-3-5-14(15)13(11)8-12/h6-8,10,14-15H,3-5,9H2,1-2H3. The number of aryl methyl sites for hydroxylation is 1. The van der Waals surface area contributed by atoms with Crippen molar-refractivity contribution in [3.8, 4) is 5.75 Å². The third-order valence-corrected chi connectivity index (χ3v) is 3.29. The first kappa shape index (κ1) is 12.4. The normalized spacial score (nSPS) is 20.8. The van der Waals surface area contributed by atoms with E-state index in [1.807, 2.05) is 19.1 Å². The van der Waals surface area contributed by atoms with Crippen molar-refractivity contribution in [2.24, 2.45) is 0 Å². The fourth-order valence-corrected chi connectivity index (χ4v) is 2.12. The van der Waals surface area contributed by atoms with E-state index in [9.17, 15) is 5.11 Å². The Kier molecular flexibility index (Phi) is 4.02. The van der Waals surface area contributed by atoms with Crippen LogP contribution in [0.15, 0.2) is 18.2 Å². The lowest BCUT2D eigenvalue weighted by Crippen LogP contribution is -2.16. The van der Waals surface area contributed by atoms with E-state index in [4.69, 9.17) is 9.47 Å². The number of fused-ring (bicyclic) bond motifs is 1. The van der Waals surface area contributed by atoms with Crippen molar-refractivity contribution in [2.75, 3.05) is 13.7 Å². The molecule has 0 spiro atoms. The third-order valence-electron chi connectivity index (χ3n) is 3.29. The quantitative estimate of drug-likeness (QED) is 0.872. The maximum absolute atomic E-state index is 9.93. The van der Waals surface area contributed by atoms with Gasteiger partial charge < -0.3 is 14.6 Å². The predicted octanol–water partition coefficient (Wildman–Crippen LogP) is 2.47. The summed E-state index contributed by atoms with van der Waals surface area (Å²) in [7, 11) is 1.67. The van der Waals surface area contributed by atoms with Gasteiger partial charge in [-0.1, -0.05) is 6.07 Å². The number of ether oxygens (including phenoxy) is 2. The van der Waals surface area contributed by atoms with Crippen LogP contribution in [0.4, 0.5) is 0 Å². The number of rotatable bonds is 4. The van der Waals surface area contributed by atoms with Crippen molar-refractivity contribution in [2.45, 2.75) is 38.4 Å². The minimum atomic E-state index is -0.331. The van der Waals surface area contributed by atoms with Gasteiger partial charge in [0.05, 0.1) is 12.2 Å². The number of methoxy groups -OCH3 is 1.